The molecule has 1 aliphatic rings. The normalized spacial score (nSPS) is 25.8. The minimum atomic E-state index is -0.697. The highest BCUT2D eigenvalue weighted by Gasteiger charge is 2.43. The van der Waals surface area contributed by atoms with E-state index in [-0.39, 0.29) is 0 Å². The maximum absolute atomic E-state index is 11.2. The molecule has 1 saturated heterocycles. The van der Waals surface area contributed by atoms with Crippen LogP contribution in [-0.2, 0) is 4.79 Å². The van der Waals surface area contributed by atoms with Gasteiger partial charge in [-0.1, -0.05) is 6.92 Å². The molecule has 0 amide bonds. The molecule has 1 atom stereocenters. The summed E-state index contributed by atoms with van der Waals surface area (Å²) in [5.74, 6) is -0.697. The van der Waals surface area contributed by atoms with E-state index >= 15 is 0 Å². The van der Waals surface area contributed by atoms with Gasteiger partial charge in [0.15, 0.2) is 0 Å². The Morgan fingerprint density at radius 1 is 1.80 bits per heavy atom. The lowest BCUT2D eigenvalue weighted by atomic mass is 9.84. The molecule has 82 valence electrons. The lowest BCUT2D eigenvalue weighted by molar-refractivity contribution is -0.147. The molecule has 0 bridgehead atoms. The van der Waals surface area contributed by atoms with Crippen molar-refractivity contribution in [1.82, 2.24) is 9.36 Å². The van der Waals surface area contributed by atoms with Gasteiger partial charge >= 0.3 is 5.97 Å². The largest absolute Gasteiger partial charge is 0.481 e. The molecule has 0 aromatic carbocycles. The maximum atomic E-state index is 11.2. The third kappa shape index (κ3) is 1.69. The van der Waals surface area contributed by atoms with Crippen LogP contribution < -0.4 is 4.90 Å². The number of carboxylic acids is 1. The quantitative estimate of drug-likeness (QED) is 0.841. The third-order valence-corrected chi connectivity index (χ3v) is 3.83. The van der Waals surface area contributed by atoms with Crippen molar-refractivity contribution in [3.63, 3.8) is 0 Å². The second-order valence-electron chi connectivity index (χ2n) is 3.83. The van der Waals surface area contributed by atoms with Crippen molar-refractivity contribution in [3.05, 3.63) is 6.33 Å². The predicted octanol–water partition coefficient (Wildman–Crippen LogP) is 1.23. The first kappa shape index (κ1) is 10.4. The van der Waals surface area contributed by atoms with Crippen molar-refractivity contribution in [1.29, 1.82) is 0 Å². The van der Waals surface area contributed by atoms with Crippen LogP contribution in [-0.4, -0.2) is 33.5 Å². The van der Waals surface area contributed by atoms with Crippen molar-refractivity contribution in [2.24, 2.45) is 5.41 Å². The van der Waals surface area contributed by atoms with E-state index in [1.807, 2.05) is 11.8 Å². The Hall–Kier alpha value is -1.17. The molecule has 6 heteroatoms. The molecule has 1 fully saturated rings. The minimum Gasteiger partial charge on any atom is -0.481 e. The highest BCUT2D eigenvalue weighted by molar-refractivity contribution is 7.09. The highest BCUT2D eigenvalue weighted by Crippen LogP contribution is 2.36. The first-order chi connectivity index (χ1) is 7.18. The molecule has 1 N–H and O–H groups in total. The zero-order valence-electron chi connectivity index (χ0n) is 8.51. The molecule has 15 heavy (non-hydrogen) atoms. The van der Waals surface area contributed by atoms with Crippen molar-refractivity contribution < 1.29 is 9.90 Å². The molecule has 2 heterocycles. The number of nitrogens with zero attached hydrogens (tertiary/aromatic N) is 3. The van der Waals surface area contributed by atoms with Gasteiger partial charge in [0.25, 0.3) is 0 Å². The lowest BCUT2D eigenvalue weighted by Crippen LogP contribution is -2.34. The highest BCUT2D eigenvalue weighted by atomic mass is 32.1. The molecule has 2 rings (SSSR count). The SMILES string of the molecule is CCC1(C(=O)O)CCN(c2ncns2)C1. The number of anilines is 1. The van der Waals surface area contributed by atoms with Gasteiger partial charge in [0.05, 0.1) is 5.41 Å². The fourth-order valence-corrected chi connectivity index (χ4v) is 2.51. The Morgan fingerprint density at radius 2 is 2.60 bits per heavy atom. The summed E-state index contributed by atoms with van der Waals surface area (Å²) < 4.78 is 3.93. The predicted molar refractivity (Wildman–Crippen MR) is 57.1 cm³/mol. The second-order valence-corrected chi connectivity index (χ2v) is 4.59. The van der Waals surface area contributed by atoms with Crippen molar-refractivity contribution in [2.45, 2.75) is 19.8 Å². The van der Waals surface area contributed by atoms with Crippen LogP contribution in [0.25, 0.3) is 0 Å². The van der Waals surface area contributed by atoms with Crippen LogP contribution in [0.1, 0.15) is 19.8 Å². The van der Waals surface area contributed by atoms with Crippen molar-refractivity contribution in [2.75, 3.05) is 18.0 Å². The zero-order valence-corrected chi connectivity index (χ0v) is 9.33. The third-order valence-electron chi connectivity index (χ3n) is 3.10. The summed E-state index contributed by atoms with van der Waals surface area (Å²) in [5.41, 5.74) is -0.592. The van der Waals surface area contributed by atoms with E-state index in [4.69, 9.17) is 0 Å². The molecule has 0 spiro atoms. The Bertz CT molecular complexity index is 354. The van der Waals surface area contributed by atoms with Gasteiger partial charge in [0.1, 0.15) is 6.33 Å². The van der Waals surface area contributed by atoms with Gasteiger partial charge in [-0.2, -0.15) is 4.37 Å². The number of rotatable bonds is 3. The summed E-state index contributed by atoms with van der Waals surface area (Å²) in [7, 11) is 0. The average Bonchev–Trinajstić information content (AvgIpc) is 2.87. The fraction of sp³-hybridized carbons (Fsp3) is 0.667. The molecule has 1 aromatic heterocycles. The fourth-order valence-electron chi connectivity index (χ4n) is 1.96. The van der Waals surface area contributed by atoms with E-state index < -0.39 is 11.4 Å². The van der Waals surface area contributed by atoms with Crippen LogP contribution in [0.3, 0.4) is 0 Å². The lowest BCUT2D eigenvalue weighted by Gasteiger charge is -2.22. The minimum absolute atomic E-state index is 0.550. The number of hydrogen-bond acceptors (Lipinski definition) is 5. The van der Waals surface area contributed by atoms with Crippen LogP contribution in [0.15, 0.2) is 6.33 Å². The number of aromatic nitrogens is 2. The monoisotopic (exact) mass is 227 g/mol. The van der Waals surface area contributed by atoms with Gasteiger partial charge in [0.2, 0.25) is 5.13 Å². The molecule has 0 saturated carbocycles. The second kappa shape index (κ2) is 3.77. The van der Waals surface area contributed by atoms with E-state index in [1.54, 1.807) is 0 Å². The first-order valence-corrected chi connectivity index (χ1v) is 5.70. The van der Waals surface area contributed by atoms with Gasteiger partial charge in [-0.05, 0) is 12.8 Å². The molecule has 1 aromatic rings. The van der Waals surface area contributed by atoms with Crippen LogP contribution in [0.4, 0.5) is 5.13 Å². The van der Waals surface area contributed by atoms with E-state index in [0.29, 0.717) is 19.4 Å². The molecule has 0 aliphatic carbocycles. The number of hydrogen-bond donors (Lipinski definition) is 1. The number of carboxylic acid groups (broad SMARTS) is 1. The summed E-state index contributed by atoms with van der Waals surface area (Å²) in [6.45, 7) is 3.24. The smallest absolute Gasteiger partial charge is 0.311 e. The Morgan fingerprint density at radius 3 is 3.07 bits per heavy atom. The number of aliphatic carboxylic acids is 1. The van der Waals surface area contributed by atoms with E-state index in [0.717, 1.165) is 11.7 Å². The Labute approximate surface area is 91.9 Å². The van der Waals surface area contributed by atoms with Crippen LogP contribution in [0.2, 0.25) is 0 Å². The van der Waals surface area contributed by atoms with Crippen LogP contribution in [0, 0.1) is 5.41 Å². The molecular weight excluding hydrogens is 214 g/mol. The topological polar surface area (TPSA) is 66.3 Å². The Balaban J connectivity index is 2.15. The molecule has 1 aliphatic heterocycles. The molecule has 1 unspecified atom stereocenters. The van der Waals surface area contributed by atoms with Crippen LogP contribution >= 0.6 is 11.5 Å². The van der Waals surface area contributed by atoms with Gasteiger partial charge in [0, 0.05) is 24.6 Å². The van der Waals surface area contributed by atoms with E-state index in [2.05, 4.69) is 9.36 Å². The van der Waals surface area contributed by atoms with Gasteiger partial charge in [-0.25, -0.2) is 4.98 Å². The van der Waals surface area contributed by atoms with E-state index in [1.165, 1.54) is 17.9 Å². The van der Waals surface area contributed by atoms with Gasteiger partial charge < -0.3 is 10.0 Å². The van der Waals surface area contributed by atoms with Crippen molar-refractivity contribution >= 4 is 22.6 Å². The standard InChI is InChI=1S/C9H13N3O2S/c1-2-9(7(13)14)3-4-12(5-9)8-10-6-11-15-8/h6H,2-5H2,1H3,(H,13,14). The molecule has 0 radical (unpaired) electrons. The van der Waals surface area contributed by atoms with Crippen molar-refractivity contribution in [3.8, 4) is 0 Å². The first-order valence-electron chi connectivity index (χ1n) is 4.93. The summed E-state index contributed by atoms with van der Waals surface area (Å²) in [5, 5.41) is 10.0. The van der Waals surface area contributed by atoms with Gasteiger partial charge in [-0.15, -0.1) is 0 Å². The summed E-state index contributed by atoms with van der Waals surface area (Å²) in [4.78, 5) is 17.3. The molecule has 5 nitrogen and oxygen atoms in total. The summed E-state index contributed by atoms with van der Waals surface area (Å²) >= 11 is 1.32. The number of carbonyl (C=O) groups is 1. The molecular formula is C9H13N3O2S. The summed E-state index contributed by atoms with van der Waals surface area (Å²) in [6, 6.07) is 0. The Kier molecular flexibility index (Phi) is 2.60. The average molecular weight is 227 g/mol. The summed E-state index contributed by atoms with van der Waals surface area (Å²) in [6.07, 6.45) is 2.86. The van der Waals surface area contributed by atoms with Gasteiger partial charge in [-0.3, -0.25) is 4.79 Å². The van der Waals surface area contributed by atoms with Crippen LogP contribution in [0.5, 0.6) is 0 Å². The van der Waals surface area contributed by atoms with E-state index in [9.17, 15) is 9.90 Å². The maximum Gasteiger partial charge on any atom is 0.311 e. The zero-order chi connectivity index (χ0) is 10.9.